The maximum atomic E-state index is 12.8. The maximum Gasteiger partial charge on any atom is 0.123 e. The molecule has 2 N–H and O–H groups in total. The van der Waals surface area contributed by atoms with Crippen molar-refractivity contribution in [2.75, 3.05) is 31.6 Å². The number of piperidine rings is 1. The van der Waals surface area contributed by atoms with E-state index < -0.39 is 6.10 Å². The van der Waals surface area contributed by atoms with Gasteiger partial charge in [-0.05, 0) is 49.2 Å². The molecule has 0 amide bonds. The zero-order valence-electron chi connectivity index (χ0n) is 14.3. The molecule has 1 saturated heterocycles. The zero-order valence-corrected chi connectivity index (χ0v) is 14.3. The van der Waals surface area contributed by atoms with Crippen molar-refractivity contribution in [3.05, 3.63) is 60.4 Å². The van der Waals surface area contributed by atoms with Gasteiger partial charge in [-0.25, -0.2) is 4.39 Å². The Bertz CT molecular complexity index is 628. The van der Waals surface area contributed by atoms with Gasteiger partial charge >= 0.3 is 0 Å². The molecule has 5 heteroatoms. The predicted molar refractivity (Wildman–Crippen MR) is 97.4 cm³/mol. The van der Waals surface area contributed by atoms with E-state index >= 15 is 0 Å². The minimum absolute atomic E-state index is 0.216. The van der Waals surface area contributed by atoms with Crippen LogP contribution >= 0.6 is 0 Å². The first kappa shape index (κ1) is 17.7. The summed E-state index contributed by atoms with van der Waals surface area (Å²) >= 11 is 0. The fourth-order valence-corrected chi connectivity index (χ4v) is 3.10. The summed E-state index contributed by atoms with van der Waals surface area (Å²) in [6.07, 6.45) is 1.56. The van der Waals surface area contributed by atoms with Gasteiger partial charge in [-0.15, -0.1) is 0 Å². The minimum Gasteiger partial charge on any atom is -0.491 e. The lowest BCUT2D eigenvalue weighted by Gasteiger charge is -2.33. The highest BCUT2D eigenvalue weighted by Gasteiger charge is 2.21. The van der Waals surface area contributed by atoms with Gasteiger partial charge in [0.25, 0.3) is 0 Å². The van der Waals surface area contributed by atoms with Crippen LogP contribution in [0, 0.1) is 5.82 Å². The predicted octanol–water partition coefficient (Wildman–Crippen LogP) is 3.14. The first-order valence-corrected chi connectivity index (χ1v) is 8.79. The monoisotopic (exact) mass is 344 g/mol. The van der Waals surface area contributed by atoms with Gasteiger partial charge in [0.15, 0.2) is 0 Å². The molecule has 3 rings (SSSR count). The van der Waals surface area contributed by atoms with Crippen molar-refractivity contribution in [3.63, 3.8) is 0 Å². The van der Waals surface area contributed by atoms with E-state index in [1.807, 2.05) is 18.2 Å². The molecule has 4 nitrogen and oxygen atoms in total. The van der Waals surface area contributed by atoms with Crippen molar-refractivity contribution in [2.45, 2.75) is 25.0 Å². The molecule has 1 aliphatic rings. The fraction of sp³-hybridized carbons (Fsp3) is 0.400. The lowest BCUT2D eigenvalue weighted by molar-refractivity contribution is 0.0605. The lowest BCUT2D eigenvalue weighted by Crippen LogP contribution is -2.43. The molecule has 1 atom stereocenters. The number of likely N-dealkylation sites (tertiary alicyclic amines) is 1. The Balaban J connectivity index is 1.36. The molecular weight excluding hydrogens is 319 g/mol. The average Bonchev–Trinajstić information content (AvgIpc) is 2.64. The number of halogens is 1. The van der Waals surface area contributed by atoms with Crippen molar-refractivity contribution < 1.29 is 14.2 Å². The molecule has 134 valence electrons. The topological polar surface area (TPSA) is 44.7 Å². The summed E-state index contributed by atoms with van der Waals surface area (Å²) in [6, 6.07) is 16.6. The van der Waals surface area contributed by atoms with Gasteiger partial charge in [0.05, 0.1) is 0 Å². The summed E-state index contributed by atoms with van der Waals surface area (Å²) in [4.78, 5) is 2.27. The van der Waals surface area contributed by atoms with Crippen LogP contribution in [0.15, 0.2) is 54.6 Å². The van der Waals surface area contributed by atoms with Crippen molar-refractivity contribution in [3.8, 4) is 5.75 Å². The quantitative estimate of drug-likeness (QED) is 0.810. The normalized spacial score (nSPS) is 17.2. The van der Waals surface area contributed by atoms with E-state index in [4.69, 9.17) is 4.74 Å². The minimum atomic E-state index is -0.552. The second-order valence-electron chi connectivity index (χ2n) is 6.50. The number of aliphatic hydroxyl groups excluding tert-OH is 1. The highest BCUT2D eigenvalue weighted by atomic mass is 19.1. The van der Waals surface area contributed by atoms with Crippen LogP contribution in [0.1, 0.15) is 12.8 Å². The third kappa shape index (κ3) is 5.73. The molecule has 2 aromatic carbocycles. The number of rotatable bonds is 7. The summed E-state index contributed by atoms with van der Waals surface area (Å²) in [5, 5.41) is 13.7. The van der Waals surface area contributed by atoms with Gasteiger partial charge in [0.1, 0.15) is 24.3 Å². The van der Waals surface area contributed by atoms with E-state index in [0.29, 0.717) is 18.3 Å². The van der Waals surface area contributed by atoms with Crippen molar-refractivity contribution >= 4 is 5.69 Å². The standard InChI is InChI=1S/C20H25FN2O2/c21-16-6-8-20(9-7-16)25-15-19(24)14-23-12-10-18(11-13-23)22-17-4-2-1-3-5-17/h1-9,18-19,22,24H,10-15H2. The van der Waals surface area contributed by atoms with Crippen LogP contribution in [-0.4, -0.2) is 48.4 Å². The van der Waals surface area contributed by atoms with Gasteiger partial charge in [-0.1, -0.05) is 18.2 Å². The van der Waals surface area contributed by atoms with Gasteiger partial charge in [0.2, 0.25) is 0 Å². The summed E-state index contributed by atoms with van der Waals surface area (Å²) in [5.74, 6) is 0.283. The smallest absolute Gasteiger partial charge is 0.123 e. The number of para-hydroxylation sites is 1. The van der Waals surface area contributed by atoms with Crippen LogP contribution < -0.4 is 10.1 Å². The fourth-order valence-electron chi connectivity index (χ4n) is 3.10. The molecule has 0 saturated carbocycles. The number of anilines is 1. The third-order valence-corrected chi connectivity index (χ3v) is 4.46. The molecule has 25 heavy (non-hydrogen) atoms. The van der Waals surface area contributed by atoms with E-state index in [-0.39, 0.29) is 12.4 Å². The average molecular weight is 344 g/mol. The third-order valence-electron chi connectivity index (χ3n) is 4.46. The van der Waals surface area contributed by atoms with E-state index in [2.05, 4.69) is 22.3 Å². The van der Waals surface area contributed by atoms with Crippen LogP contribution in [0.4, 0.5) is 10.1 Å². The first-order valence-electron chi connectivity index (χ1n) is 8.79. The molecule has 2 aromatic rings. The number of ether oxygens (including phenoxy) is 1. The van der Waals surface area contributed by atoms with Gasteiger partial charge in [-0.3, -0.25) is 0 Å². The van der Waals surface area contributed by atoms with Gasteiger partial charge < -0.3 is 20.1 Å². The second kappa shape index (κ2) is 8.83. The van der Waals surface area contributed by atoms with Gasteiger partial charge in [0, 0.05) is 31.4 Å². The number of nitrogens with one attached hydrogen (secondary N) is 1. The molecular formula is C20H25FN2O2. The number of hydrogen-bond donors (Lipinski definition) is 2. The molecule has 1 aliphatic heterocycles. The molecule has 0 spiro atoms. The van der Waals surface area contributed by atoms with E-state index in [9.17, 15) is 9.50 Å². The number of nitrogens with zero attached hydrogens (tertiary/aromatic N) is 1. The second-order valence-corrected chi connectivity index (χ2v) is 6.50. The zero-order chi connectivity index (χ0) is 17.5. The molecule has 1 unspecified atom stereocenters. The summed E-state index contributed by atoms with van der Waals surface area (Å²) in [6.45, 7) is 2.73. The number of β-amino-alcohol motifs (C(OH)–C–C–N with tert-alkyl or cyclic N) is 1. The van der Waals surface area contributed by atoms with Crippen LogP contribution in [0.2, 0.25) is 0 Å². The summed E-state index contributed by atoms with van der Waals surface area (Å²) in [7, 11) is 0. The molecule has 1 heterocycles. The van der Waals surface area contributed by atoms with Gasteiger partial charge in [-0.2, -0.15) is 0 Å². The Morgan fingerprint density at radius 3 is 2.44 bits per heavy atom. The molecule has 1 fully saturated rings. The highest BCUT2D eigenvalue weighted by molar-refractivity contribution is 5.43. The molecule has 0 aromatic heterocycles. The largest absolute Gasteiger partial charge is 0.491 e. The Morgan fingerprint density at radius 2 is 1.76 bits per heavy atom. The first-order chi connectivity index (χ1) is 12.2. The highest BCUT2D eigenvalue weighted by Crippen LogP contribution is 2.17. The summed E-state index contributed by atoms with van der Waals surface area (Å²) in [5.41, 5.74) is 1.16. The van der Waals surface area contributed by atoms with Crippen molar-refractivity contribution in [1.82, 2.24) is 4.90 Å². The van der Waals surface area contributed by atoms with Crippen molar-refractivity contribution in [2.24, 2.45) is 0 Å². The van der Waals surface area contributed by atoms with E-state index in [0.717, 1.165) is 31.6 Å². The number of benzene rings is 2. The van der Waals surface area contributed by atoms with E-state index in [1.165, 1.54) is 12.1 Å². The Labute approximate surface area is 148 Å². The van der Waals surface area contributed by atoms with E-state index in [1.54, 1.807) is 12.1 Å². The molecule has 0 aliphatic carbocycles. The van der Waals surface area contributed by atoms with Crippen molar-refractivity contribution in [1.29, 1.82) is 0 Å². The Kier molecular flexibility index (Phi) is 6.25. The summed E-state index contributed by atoms with van der Waals surface area (Å²) < 4.78 is 18.4. The lowest BCUT2D eigenvalue weighted by atomic mass is 10.0. The molecule has 0 radical (unpaired) electrons. The van der Waals surface area contributed by atoms with Crippen LogP contribution in [0.3, 0.4) is 0 Å². The number of hydrogen-bond acceptors (Lipinski definition) is 4. The van der Waals surface area contributed by atoms with Crippen LogP contribution in [-0.2, 0) is 0 Å². The Hall–Kier alpha value is -2.11. The SMILES string of the molecule is OC(COc1ccc(F)cc1)CN1CCC(Nc2ccccc2)CC1. The number of aliphatic hydroxyl groups is 1. The van der Waals surface area contributed by atoms with Crippen LogP contribution in [0.25, 0.3) is 0 Å². The van der Waals surface area contributed by atoms with Crippen LogP contribution in [0.5, 0.6) is 5.75 Å². The molecule has 0 bridgehead atoms. The Morgan fingerprint density at radius 1 is 1.08 bits per heavy atom. The maximum absolute atomic E-state index is 12.8.